The van der Waals surface area contributed by atoms with Crippen molar-refractivity contribution in [3.05, 3.63) is 23.1 Å². The van der Waals surface area contributed by atoms with Crippen molar-refractivity contribution in [1.82, 2.24) is 14.5 Å². The van der Waals surface area contributed by atoms with Gasteiger partial charge in [-0.3, -0.25) is 0 Å². The standard InChI is InChI=1S/C16H23Cl2N3/c1-9(2)13(10(3)4)8-21-15(11(5)17)20-14-6-12(18)7-19-16(14)21/h6-7,9-11,13H,8H2,1-5H3. The van der Waals surface area contributed by atoms with E-state index in [1.54, 1.807) is 6.20 Å². The molecule has 5 heteroatoms. The van der Waals surface area contributed by atoms with Crippen LogP contribution in [0.15, 0.2) is 12.3 Å². The molecule has 0 bridgehead atoms. The Kier molecular flexibility index (Phi) is 5.15. The van der Waals surface area contributed by atoms with Gasteiger partial charge in [0.25, 0.3) is 0 Å². The lowest BCUT2D eigenvalue weighted by atomic mass is 9.85. The number of aromatic nitrogens is 3. The first-order valence-electron chi connectivity index (χ1n) is 7.47. The molecule has 1 atom stereocenters. The Balaban J connectivity index is 2.52. The van der Waals surface area contributed by atoms with Gasteiger partial charge in [0.2, 0.25) is 0 Å². The highest BCUT2D eigenvalue weighted by Crippen LogP contribution is 2.29. The highest BCUT2D eigenvalue weighted by Gasteiger charge is 2.23. The van der Waals surface area contributed by atoms with Gasteiger partial charge in [0, 0.05) is 12.7 Å². The number of rotatable bonds is 5. The van der Waals surface area contributed by atoms with Crippen molar-refractivity contribution in [1.29, 1.82) is 0 Å². The fraction of sp³-hybridized carbons (Fsp3) is 0.625. The third-order valence-electron chi connectivity index (χ3n) is 4.04. The van der Waals surface area contributed by atoms with E-state index in [9.17, 15) is 0 Å². The molecule has 0 fully saturated rings. The van der Waals surface area contributed by atoms with Crippen molar-refractivity contribution in [2.45, 2.75) is 46.5 Å². The number of pyridine rings is 1. The summed E-state index contributed by atoms with van der Waals surface area (Å²) >= 11 is 12.3. The zero-order valence-electron chi connectivity index (χ0n) is 13.3. The number of halogens is 2. The number of hydrogen-bond acceptors (Lipinski definition) is 2. The van der Waals surface area contributed by atoms with Crippen molar-refractivity contribution in [3.63, 3.8) is 0 Å². The molecule has 0 aliphatic carbocycles. The van der Waals surface area contributed by atoms with Crippen molar-refractivity contribution in [3.8, 4) is 0 Å². The molecule has 1 unspecified atom stereocenters. The lowest BCUT2D eigenvalue weighted by Crippen LogP contribution is -2.23. The molecule has 21 heavy (non-hydrogen) atoms. The molecule has 2 rings (SSSR count). The fourth-order valence-corrected chi connectivity index (χ4v) is 3.21. The van der Waals surface area contributed by atoms with E-state index >= 15 is 0 Å². The van der Waals surface area contributed by atoms with Crippen molar-refractivity contribution in [2.75, 3.05) is 0 Å². The van der Waals surface area contributed by atoms with Crippen LogP contribution in [0.2, 0.25) is 5.02 Å². The van der Waals surface area contributed by atoms with Gasteiger partial charge in [-0.1, -0.05) is 39.3 Å². The minimum atomic E-state index is -0.155. The summed E-state index contributed by atoms with van der Waals surface area (Å²) in [6.45, 7) is 11.9. The van der Waals surface area contributed by atoms with Crippen LogP contribution in [0.4, 0.5) is 0 Å². The monoisotopic (exact) mass is 327 g/mol. The van der Waals surface area contributed by atoms with Crippen LogP contribution < -0.4 is 0 Å². The van der Waals surface area contributed by atoms with Crippen LogP contribution >= 0.6 is 23.2 Å². The topological polar surface area (TPSA) is 30.7 Å². The molecular weight excluding hydrogens is 305 g/mol. The Morgan fingerprint density at radius 1 is 1.14 bits per heavy atom. The molecule has 116 valence electrons. The average molecular weight is 328 g/mol. The van der Waals surface area contributed by atoms with Gasteiger partial charge in [-0.2, -0.15) is 0 Å². The van der Waals surface area contributed by atoms with Crippen LogP contribution in [-0.4, -0.2) is 14.5 Å². The van der Waals surface area contributed by atoms with Gasteiger partial charge in [0.1, 0.15) is 11.3 Å². The van der Waals surface area contributed by atoms with Gasteiger partial charge in [0.15, 0.2) is 5.65 Å². The van der Waals surface area contributed by atoms with Gasteiger partial charge in [0.05, 0.1) is 10.4 Å². The molecular formula is C16H23Cl2N3. The number of fused-ring (bicyclic) bond motifs is 1. The van der Waals surface area contributed by atoms with E-state index in [1.807, 2.05) is 13.0 Å². The van der Waals surface area contributed by atoms with Crippen LogP contribution in [0, 0.1) is 17.8 Å². The molecule has 0 spiro atoms. The SMILES string of the molecule is CC(Cl)c1nc2cc(Cl)cnc2n1CC(C(C)C)C(C)C. The summed E-state index contributed by atoms with van der Waals surface area (Å²) in [6, 6.07) is 1.85. The summed E-state index contributed by atoms with van der Waals surface area (Å²) in [7, 11) is 0. The number of nitrogens with zero attached hydrogens (tertiary/aromatic N) is 3. The summed E-state index contributed by atoms with van der Waals surface area (Å²) in [4.78, 5) is 9.09. The van der Waals surface area contributed by atoms with Gasteiger partial charge in [-0.05, 0) is 30.7 Å². The molecule has 0 saturated carbocycles. The first-order valence-corrected chi connectivity index (χ1v) is 8.28. The van der Waals surface area contributed by atoms with E-state index in [1.165, 1.54) is 0 Å². The average Bonchev–Trinajstić information content (AvgIpc) is 2.72. The first kappa shape index (κ1) is 16.6. The minimum Gasteiger partial charge on any atom is -0.311 e. The molecule has 2 heterocycles. The maximum absolute atomic E-state index is 6.32. The summed E-state index contributed by atoms with van der Waals surface area (Å²) in [5, 5.41) is 0.447. The lowest BCUT2D eigenvalue weighted by Gasteiger charge is -2.26. The summed E-state index contributed by atoms with van der Waals surface area (Å²) < 4.78 is 2.16. The van der Waals surface area contributed by atoms with E-state index in [2.05, 4.69) is 42.2 Å². The van der Waals surface area contributed by atoms with Crippen LogP contribution in [0.5, 0.6) is 0 Å². The Hall–Kier alpha value is -0.800. The van der Waals surface area contributed by atoms with E-state index in [-0.39, 0.29) is 5.38 Å². The minimum absolute atomic E-state index is 0.155. The Morgan fingerprint density at radius 3 is 2.29 bits per heavy atom. The fourth-order valence-electron chi connectivity index (χ4n) is 2.89. The Bertz CT molecular complexity index is 609. The number of alkyl halides is 1. The molecule has 0 saturated heterocycles. The normalized spacial score (nSPS) is 13.8. The predicted molar refractivity (Wildman–Crippen MR) is 90.0 cm³/mol. The summed E-state index contributed by atoms with van der Waals surface area (Å²) in [5.74, 6) is 2.60. The molecule has 0 aliphatic heterocycles. The van der Waals surface area contributed by atoms with Crippen LogP contribution in [0.3, 0.4) is 0 Å². The number of hydrogen-bond donors (Lipinski definition) is 0. The van der Waals surface area contributed by atoms with Crippen LogP contribution in [0.25, 0.3) is 11.2 Å². The van der Waals surface area contributed by atoms with Gasteiger partial charge < -0.3 is 4.57 Å². The molecule has 2 aromatic heterocycles. The summed E-state index contributed by atoms with van der Waals surface area (Å²) in [6.07, 6.45) is 1.67. The molecule has 0 aromatic carbocycles. The lowest BCUT2D eigenvalue weighted by molar-refractivity contribution is 0.251. The molecule has 2 aromatic rings. The highest BCUT2D eigenvalue weighted by molar-refractivity contribution is 6.31. The van der Waals surface area contributed by atoms with Crippen molar-refractivity contribution >= 4 is 34.4 Å². The van der Waals surface area contributed by atoms with E-state index in [4.69, 9.17) is 23.2 Å². The third kappa shape index (κ3) is 3.51. The zero-order chi connectivity index (χ0) is 15.7. The van der Waals surface area contributed by atoms with E-state index < -0.39 is 0 Å². The molecule has 0 aliphatic rings. The van der Waals surface area contributed by atoms with E-state index in [0.717, 1.165) is 23.5 Å². The van der Waals surface area contributed by atoms with Crippen molar-refractivity contribution in [2.24, 2.45) is 17.8 Å². The molecule has 0 radical (unpaired) electrons. The van der Waals surface area contributed by atoms with Crippen LogP contribution in [-0.2, 0) is 6.54 Å². The molecule has 3 nitrogen and oxygen atoms in total. The second-order valence-electron chi connectivity index (χ2n) is 6.34. The van der Waals surface area contributed by atoms with Crippen molar-refractivity contribution < 1.29 is 0 Å². The molecule has 0 amide bonds. The second-order valence-corrected chi connectivity index (χ2v) is 7.44. The van der Waals surface area contributed by atoms with Crippen LogP contribution in [0.1, 0.15) is 45.8 Å². The maximum Gasteiger partial charge on any atom is 0.160 e. The quantitative estimate of drug-likeness (QED) is 0.696. The largest absolute Gasteiger partial charge is 0.311 e. The van der Waals surface area contributed by atoms with Gasteiger partial charge in [-0.25, -0.2) is 9.97 Å². The molecule has 0 N–H and O–H groups in total. The highest BCUT2D eigenvalue weighted by atomic mass is 35.5. The van der Waals surface area contributed by atoms with Gasteiger partial charge >= 0.3 is 0 Å². The Morgan fingerprint density at radius 2 is 1.76 bits per heavy atom. The summed E-state index contributed by atoms with van der Waals surface area (Å²) in [5.41, 5.74) is 1.68. The number of imidazole rings is 1. The maximum atomic E-state index is 6.32. The first-order chi connectivity index (χ1) is 9.81. The zero-order valence-corrected chi connectivity index (χ0v) is 14.8. The predicted octanol–water partition coefficient (Wildman–Crippen LogP) is 5.31. The smallest absolute Gasteiger partial charge is 0.160 e. The van der Waals surface area contributed by atoms with Gasteiger partial charge in [-0.15, -0.1) is 11.6 Å². The Labute approximate surface area is 136 Å². The third-order valence-corrected chi connectivity index (χ3v) is 4.44. The second kappa shape index (κ2) is 6.53. The van der Waals surface area contributed by atoms with E-state index in [0.29, 0.717) is 22.8 Å².